The zero-order valence-electron chi connectivity index (χ0n) is 13.8. The molecule has 0 atom stereocenters. The SMILES string of the molecule is CCNCCn1c(-c2ccc(C)cc2)nc2c(Cl)cccc2c1=O. The van der Waals surface area contributed by atoms with Crippen molar-refractivity contribution in [2.45, 2.75) is 20.4 Å². The van der Waals surface area contributed by atoms with Gasteiger partial charge < -0.3 is 5.32 Å². The lowest BCUT2D eigenvalue weighted by Gasteiger charge is -2.14. The predicted molar refractivity (Wildman–Crippen MR) is 99.7 cm³/mol. The normalized spacial score (nSPS) is 11.1. The summed E-state index contributed by atoms with van der Waals surface area (Å²) in [5.41, 5.74) is 2.57. The molecule has 1 N–H and O–H groups in total. The van der Waals surface area contributed by atoms with Crippen molar-refractivity contribution in [3.63, 3.8) is 0 Å². The second kappa shape index (κ2) is 7.16. The van der Waals surface area contributed by atoms with E-state index in [0.29, 0.717) is 34.8 Å². The maximum atomic E-state index is 13.0. The zero-order chi connectivity index (χ0) is 17.1. The van der Waals surface area contributed by atoms with Crippen LogP contribution < -0.4 is 10.9 Å². The van der Waals surface area contributed by atoms with Crippen LogP contribution in [0.15, 0.2) is 47.3 Å². The minimum absolute atomic E-state index is 0.0593. The van der Waals surface area contributed by atoms with Crippen molar-refractivity contribution >= 4 is 22.5 Å². The molecule has 2 aromatic carbocycles. The molecule has 0 amide bonds. The summed E-state index contributed by atoms with van der Waals surface area (Å²) in [5.74, 6) is 0.651. The summed E-state index contributed by atoms with van der Waals surface area (Å²) in [5, 5.41) is 4.31. The number of nitrogens with zero attached hydrogens (tertiary/aromatic N) is 2. The van der Waals surface area contributed by atoms with Gasteiger partial charge in [0, 0.05) is 18.7 Å². The van der Waals surface area contributed by atoms with Crippen molar-refractivity contribution in [2.75, 3.05) is 13.1 Å². The Morgan fingerprint density at radius 1 is 1.17 bits per heavy atom. The number of nitrogens with one attached hydrogen (secondary N) is 1. The maximum Gasteiger partial charge on any atom is 0.261 e. The summed E-state index contributed by atoms with van der Waals surface area (Å²) in [6, 6.07) is 13.3. The molecule has 0 aliphatic carbocycles. The summed E-state index contributed by atoms with van der Waals surface area (Å²) in [6.45, 7) is 6.21. The molecule has 4 nitrogen and oxygen atoms in total. The molecule has 5 heteroatoms. The van der Waals surface area contributed by atoms with Crippen molar-refractivity contribution < 1.29 is 0 Å². The smallest absolute Gasteiger partial charge is 0.261 e. The molecule has 0 aliphatic heterocycles. The Morgan fingerprint density at radius 3 is 2.62 bits per heavy atom. The van der Waals surface area contributed by atoms with Crippen molar-refractivity contribution in [1.82, 2.24) is 14.9 Å². The standard InChI is InChI=1S/C19H20ClN3O/c1-3-21-11-12-23-18(14-9-7-13(2)8-10-14)22-17-15(19(23)24)5-4-6-16(17)20/h4-10,21H,3,11-12H2,1-2H3. The van der Waals surface area contributed by atoms with E-state index in [1.165, 1.54) is 5.56 Å². The molecule has 0 saturated carbocycles. The first kappa shape index (κ1) is 16.7. The van der Waals surface area contributed by atoms with Gasteiger partial charge >= 0.3 is 0 Å². The van der Waals surface area contributed by atoms with Gasteiger partial charge in [-0.3, -0.25) is 9.36 Å². The highest BCUT2D eigenvalue weighted by Gasteiger charge is 2.14. The first-order chi connectivity index (χ1) is 11.6. The number of likely N-dealkylation sites (N-methyl/N-ethyl adjacent to an activating group) is 1. The number of halogens is 1. The molecule has 0 aliphatic rings. The highest BCUT2D eigenvalue weighted by atomic mass is 35.5. The second-order valence-corrected chi connectivity index (χ2v) is 6.15. The van der Waals surface area contributed by atoms with E-state index in [9.17, 15) is 4.79 Å². The lowest BCUT2D eigenvalue weighted by Crippen LogP contribution is -2.29. The van der Waals surface area contributed by atoms with Crippen molar-refractivity contribution in [3.8, 4) is 11.4 Å². The van der Waals surface area contributed by atoms with Gasteiger partial charge in [-0.2, -0.15) is 0 Å². The molecule has 1 aromatic heterocycles. The number of hydrogen-bond donors (Lipinski definition) is 1. The Bertz CT molecular complexity index is 916. The fourth-order valence-electron chi connectivity index (χ4n) is 2.71. The van der Waals surface area contributed by atoms with Crippen molar-refractivity contribution in [3.05, 3.63) is 63.4 Å². The number of hydrogen-bond acceptors (Lipinski definition) is 3. The van der Waals surface area contributed by atoms with Gasteiger partial charge in [0.2, 0.25) is 0 Å². The summed E-state index contributed by atoms with van der Waals surface area (Å²) in [7, 11) is 0. The fraction of sp³-hybridized carbons (Fsp3) is 0.263. The molecular weight excluding hydrogens is 322 g/mol. The van der Waals surface area contributed by atoms with Crippen LogP contribution in [0.3, 0.4) is 0 Å². The van der Waals surface area contributed by atoms with E-state index in [4.69, 9.17) is 16.6 Å². The van der Waals surface area contributed by atoms with Crippen LogP contribution in [0.5, 0.6) is 0 Å². The molecule has 3 aromatic rings. The first-order valence-electron chi connectivity index (χ1n) is 8.08. The van der Waals surface area contributed by atoms with E-state index < -0.39 is 0 Å². The molecule has 3 rings (SSSR count). The maximum absolute atomic E-state index is 13.0. The number of fused-ring (bicyclic) bond motifs is 1. The lowest BCUT2D eigenvalue weighted by molar-refractivity contribution is 0.601. The number of rotatable bonds is 5. The van der Waals surface area contributed by atoms with Crippen LogP contribution in [0, 0.1) is 6.92 Å². The summed E-state index contributed by atoms with van der Waals surface area (Å²) < 4.78 is 1.73. The number of benzene rings is 2. The van der Waals surface area contributed by atoms with Crippen LogP contribution in [-0.4, -0.2) is 22.6 Å². The van der Waals surface area contributed by atoms with Crippen LogP contribution in [-0.2, 0) is 6.54 Å². The van der Waals surface area contributed by atoms with E-state index in [1.807, 2.05) is 38.1 Å². The van der Waals surface area contributed by atoms with Crippen LogP contribution in [0.25, 0.3) is 22.3 Å². The third kappa shape index (κ3) is 3.21. The third-order valence-electron chi connectivity index (χ3n) is 4.01. The Labute approximate surface area is 146 Å². The van der Waals surface area contributed by atoms with Gasteiger partial charge in [0.15, 0.2) is 0 Å². The first-order valence-corrected chi connectivity index (χ1v) is 8.46. The van der Waals surface area contributed by atoms with Crippen LogP contribution in [0.2, 0.25) is 5.02 Å². The van der Waals surface area contributed by atoms with E-state index in [2.05, 4.69) is 5.32 Å². The fourth-order valence-corrected chi connectivity index (χ4v) is 2.92. The molecule has 0 saturated heterocycles. The van der Waals surface area contributed by atoms with Crippen LogP contribution >= 0.6 is 11.6 Å². The Hall–Kier alpha value is -2.17. The highest BCUT2D eigenvalue weighted by Crippen LogP contribution is 2.23. The van der Waals surface area contributed by atoms with E-state index >= 15 is 0 Å². The van der Waals surface area contributed by atoms with E-state index in [0.717, 1.165) is 12.1 Å². The van der Waals surface area contributed by atoms with E-state index in [1.54, 1.807) is 22.8 Å². The van der Waals surface area contributed by atoms with Crippen molar-refractivity contribution in [1.29, 1.82) is 0 Å². The summed E-state index contributed by atoms with van der Waals surface area (Å²) in [4.78, 5) is 17.7. The largest absolute Gasteiger partial charge is 0.315 e. The molecule has 0 radical (unpaired) electrons. The monoisotopic (exact) mass is 341 g/mol. The molecule has 0 fully saturated rings. The molecule has 124 valence electrons. The summed E-state index contributed by atoms with van der Waals surface area (Å²) in [6.07, 6.45) is 0. The van der Waals surface area contributed by atoms with Gasteiger partial charge in [0.05, 0.1) is 15.9 Å². The van der Waals surface area contributed by atoms with Gasteiger partial charge in [-0.05, 0) is 25.6 Å². The van der Waals surface area contributed by atoms with Gasteiger partial charge in [0.1, 0.15) is 5.82 Å². The second-order valence-electron chi connectivity index (χ2n) is 5.75. The van der Waals surface area contributed by atoms with Crippen LogP contribution in [0.4, 0.5) is 0 Å². The topological polar surface area (TPSA) is 46.9 Å². The third-order valence-corrected chi connectivity index (χ3v) is 4.31. The molecule has 0 bridgehead atoms. The number of para-hydroxylation sites is 1. The van der Waals surface area contributed by atoms with Gasteiger partial charge in [-0.25, -0.2) is 4.98 Å². The van der Waals surface area contributed by atoms with Gasteiger partial charge in [-0.15, -0.1) is 0 Å². The van der Waals surface area contributed by atoms with Crippen molar-refractivity contribution in [2.24, 2.45) is 0 Å². The quantitative estimate of drug-likeness (QED) is 0.721. The molecule has 24 heavy (non-hydrogen) atoms. The zero-order valence-corrected chi connectivity index (χ0v) is 14.6. The van der Waals surface area contributed by atoms with Crippen LogP contribution in [0.1, 0.15) is 12.5 Å². The lowest BCUT2D eigenvalue weighted by atomic mass is 10.1. The minimum Gasteiger partial charge on any atom is -0.315 e. The highest BCUT2D eigenvalue weighted by molar-refractivity contribution is 6.35. The molecule has 0 unspecified atom stereocenters. The average Bonchev–Trinajstić information content (AvgIpc) is 2.58. The number of aromatic nitrogens is 2. The molecule has 0 spiro atoms. The Balaban J connectivity index is 2.23. The van der Waals surface area contributed by atoms with Gasteiger partial charge in [0.25, 0.3) is 5.56 Å². The Morgan fingerprint density at radius 2 is 1.92 bits per heavy atom. The average molecular weight is 342 g/mol. The van der Waals surface area contributed by atoms with Gasteiger partial charge in [-0.1, -0.05) is 54.4 Å². The predicted octanol–water partition coefficient (Wildman–Crippen LogP) is 3.63. The molecular formula is C19H20ClN3O. The Kier molecular flexibility index (Phi) is 4.97. The number of aryl methyl sites for hydroxylation is 1. The van der Waals surface area contributed by atoms with E-state index in [-0.39, 0.29) is 5.56 Å². The molecule has 1 heterocycles. The summed E-state index contributed by atoms with van der Waals surface area (Å²) >= 11 is 6.27. The minimum atomic E-state index is -0.0593.